The molecule has 0 heterocycles. The Morgan fingerprint density at radius 1 is 1.50 bits per heavy atom. The van der Waals surface area contributed by atoms with Crippen molar-refractivity contribution in [1.29, 1.82) is 0 Å². The van der Waals surface area contributed by atoms with Gasteiger partial charge in [-0.05, 0) is 30.6 Å². The summed E-state index contributed by atoms with van der Waals surface area (Å²) in [7, 11) is 0. The maximum Gasteiger partial charge on any atom is 0.320 e. The van der Waals surface area contributed by atoms with Crippen molar-refractivity contribution in [2.24, 2.45) is 23.5 Å². The van der Waals surface area contributed by atoms with Crippen molar-refractivity contribution >= 4 is 5.97 Å². The van der Waals surface area contributed by atoms with Crippen LogP contribution in [0.15, 0.2) is 0 Å². The van der Waals surface area contributed by atoms with Gasteiger partial charge in [-0.15, -0.1) is 0 Å². The molecule has 0 amide bonds. The van der Waals surface area contributed by atoms with Gasteiger partial charge in [-0.25, -0.2) is 0 Å². The van der Waals surface area contributed by atoms with Crippen LogP contribution in [-0.4, -0.2) is 17.1 Å². The molecule has 2 aliphatic rings. The van der Waals surface area contributed by atoms with E-state index in [1.807, 2.05) is 0 Å². The predicted molar refractivity (Wildman–Crippen MR) is 44.5 cm³/mol. The third-order valence-electron chi connectivity index (χ3n) is 3.39. The number of fused-ring (bicyclic) bond motifs is 1. The number of aliphatic carboxylic acids is 1. The van der Waals surface area contributed by atoms with Crippen LogP contribution in [0.25, 0.3) is 0 Å². The Bertz CT molecular complexity index is 205. The van der Waals surface area contributed by atoms with Gasteiger partial charge in [0.15, 0.2) is 0 Å². The lowest BCUT2D eigenvalue weighted by Crippen LogP contribution is -2.40. The maximum absolute atomic E-state index is 10.6. The third kappa shape index (κ3) is 1.22. The first kappa shape index (κ1) is 8.05. The lowest BCUT2D eigenvalue weighted by atomic mass is 9.84. The first-order valence-electron chi connectivity index (χ1n) is 4.68. The molecular weight excluding hydrogens is 154 g/mol. The van der Waals surface area contributed by atoms with E-state index in [0.29, 0.717) is 5.92 Å². The van der Waals surface area contributed by atoms with Crippen LogP contribution in [0.5, 0.6) is 0 Å². The molecule has 2 rings (SSSR count). The summed E-state index contributed by atoms with van der Waals surface area (Å²) in [6.45, 7) is 0. The van der Waals surface area contributed by atoms with E-state index < -0.39 is 12.0 Å². The van der Waals surface area contributed by atoms with Crippen molar-refractivity contribution < 1.29 is 9.90 Å². The van der Waals surface area contributed by atoms with Crippen molar-refractivity contribution in [3.8, 4) is 0 Å². The van der Waals surface area contributed by atoms with Crippen molar-refractivity contribution in [3.05, 3.63) is 0 Å². The summed E-state index contributed by atoms with van der Waals surface area (Å²) in [6, 6.07) is -0.611. The molecule has 2 aliphatic carbocycles. The fraction of sp³-hybridized carbons (Fsp3) is 0.889. The highest BCUT2D eigenvalue weighted by molar-refractivity contribution is 5.73. The van der Waals surface area contributed by atoms with Crippen LogP contribution < -0.4 is 5.73 Å². The van der Waals surface area contributed by atoms with Gasteiger partial charge in [-0.3, -0.25) is 4.79 Å². The van der Waals surface area contributed by atoms with E-state index in [0.717, 1.165) is 12.3 Å². The Labute approximate surface area is 71.9 Å². The summed E-state index contributed by atoms with van der Waals surface area (Å²) >= 11 is 0. The highest BCUT2D eigenvalue weighted by atomic mass is 16.4. The molecule has 0 radical (unpaired) electrons. The standard InChI is InChI=1S/C9H15NO2/c10-8(9(11)12)6-3-1-2-5-4-7(5)6/h5-8H,1-4,10H2,(H,11,12). The summed E-state index contributed by atoms with van der Waals surface area (Å²) in [6.07, 6.45) is 4.72. The zero-order valence-electron chi connectivity index (χ0n) is 7.07. The van der Waals surface area contributed by atoms with Gasteiger partial charge in [0.2, 0.25) is 0 Å². The summed E-state index contributed by atoms with van der Waals surface area (Å²) in [5.74, 6) is 0.896. The first-order chi connectivity index (χ1) is 5.70. The minimum absolute atomic E-state index is 0.265. The summed E-state index contributed by atoms with van der Waals surface area (Å²) < 4.78 is 0. The molecule has 3 N–H and O–H groups in total. The first-order valence-corrected chi connectivity index (χ1v) is 4.68. The van der Waals surface area contributed by atoms with Gasteiger partial charge in [-0.2, -0.15) is 0 Å². The lowest BCUT2D eigenvalue weighted by molar-refractivity contribution is -0.140. The molecule has 0 aromatic carbocycles. The summed E-state index contributed by atoms with van der Waals surface area (Å²) in [5.41, 5.74) is 5.61. The normalized spacial score (nSPS) is 41.6. The number of rotatable bonds is 2. The molecule has 4 atom stereocenters. The average Bonchev–Trinajstić information content (AvgIpc) is 2.80. The van der Waals surface area contributed by atoms with Gasteiger partial charge in [0.1, 0.15) is 6.04 Å². The van der Waals surface area contributed by atoms with E-state index in [1.54, 1.807) is 0 Å². The number of carboxylic acids is 1. The maximum atomic E-state index is 10.6. The van der Waals surface area contributed by atoms with E-state index in [-0.39, 0.29) is 5.92 Å². The van der Waals surface area contributed by atoms with Gasteiger partial charge in [0, 0.05) is 0 Å². The van der Waals surface area contributed by atoms with E-state index in [2.05, 4.69) is 0 Å². The summed E-state index contributed by atoms with van der Waals surface area (Å²) in [5, 5.41) is 8.75. The van der Waals surface area contributed by atoms with Crippen molar-refractivity contribution in [3.63, 3.8) is 0 Å². The number of hydrogen-bond acceptors (Lipinski definition) is 2. The van der Waals surface area contributed by atoms with Gasteiger partial charge in [-0.1, -0.05) is 12.8 Å². The van der Waals surface area contributed by atoms with E-state index in [4.69, 9.17) is 10.8 Å². The van der Waals surface area contributed by atoms with Crippen LogP contribution in [0.1, 0.15) is 25.7 Å². The Hall–Kier alpha value is -0.570. The Morgan fingerprint density at radius 3 is 2.92 bits per heavy atom. The fourth-order valence-electron chi connectivity index (χ4n) is 2.59. The smallest absolute Gasteiger partial charge is 0.320 e. The van der Waals surface area contributed by atoms with Crippen LogP contribution in [0, 0.1) is 17.8 Å². The molecule has 2 fully saturated rings. The Morgan fingerprint density at radius 2 is 2.25 bits per heavy atom. The van der Waals surface area contributed by atoms with E-state index in [9.17, 15) is 4.79 Å². The molecule has 0 aliphatic heterocycles. The van der Waals surface area contributed by atoms with Gasteiger partial charge >= 0.3 is 5.97 Å². The Balaban J connectivity index is 1.98. The molecule has 3 nitrogen and oxygen atoms in total. The minimum Gasteiger partial charge on any atom is -0.480 e. The molecular formula is C9H15NO2. The molecule has 3 heteroatoms. The zero-order valence-corrected chi connectivity index (χ0v) is 7.07. The molecule has 0 saturated heterocycles. The van der Waals surface area contributed by atoms with Crippen LogP contribution in [-0.2, 0) is 4.79 Å². The topological polar surface area (TPSA) is 63.3 Å². The predicted octanol–water partition coefficient (Wildman–Crippen LogP) is 0.834. The second-order valence-corrected chi connectivity index (χ2v) is 4.12. The molecule has 2 saturated carbocycles. The molecule has 0 bridgehead atoms. The molecule has 12 heavy (non-hydrogen) atoms. The number of carbonyl (C=O) groups is 1. The quantitative estimate of drug-likeness (QED) is 0.643. The van der Waals surface area contributed by atoms with Gasteiger partial charge in [0.25, 0.3) is 0 Å². The number of hydrogen-bond donors (Lipinski definition) is 2. The van der Waals surface area contributed by atoms with Crippen LogP contribution in [0.2, 0.25) is 0 Å². The van der Waals surface area contributed by atoms with Crippen molar-refractivity contribution in [2.45, 2.75) is 31.7 Å². The Kier molecular flexibility index (Phi) is 1.83. The molecule has 0 spiro atoms. The zero-order chi connectivity index (χ0) is 8.72. The molecule has 0 aromatic heterocycles. The van der Waals surface area contributed by atoms with Crippen LogP contribution >= 0.6 is 0 Å². The molecule has 0 aromatic rings. The highest BCUT2D eigenvalue weighted by Gasteiger charge is 2.48. The number of nitrogens with two attached hydrogens (primary N) is 1. The number of carboxylic acid groups (broad SMARTS) is 1. The summed E-state index contributed by atoms with van der Waals surface area (Å²) in [4.78, 5) is 10.6. The van der Waals surface area contributed by atoms with Crippen LogP contribution in [0.4, 0.5) is 0 Å². The SMILES string of the molecule is NC(C(=O)O)C1CCCC2CC21. The van der Waals surface area contributed by atoms with Crippen LogP contribution in [0.3, 0.4) is 0 Å². The average molecular weight is 169 g/mol. The van der Waals surface area contributed by atoms with Gasteiger partial charge < -0.3 is 10.8 Å². The van der Waals surface area contributed by atoms with Crippen molar-refractivity contribution in [2.75, 3.05) is 0 Å². The monoisotopic (exact) mass is 169 g/mol. The fourth-order valence-corrected chi connectivity index (χ4v) is 2.59. The van der Waals surface area contributed by atoms with Gasteiger partial charge in [0.05, 0.1) is 0 Å². The lowest BCUT2D eigenvalue weighted by Gasteiger charge is -2.24. The molecule has 4 unspecified atom stereocenters. The van der Waals surface area contributed by atoms with E-state index in [1.165, 1.54) is 19.3 Å². The highest BCUT2D eigenvalue weighted by Crippen LogP contribution is 2.53. The largest absolute Gasteiger partial charge is 0.480 e. The minimum atomic E-state index is -0.826. The third-order valence-corrected chi connectivity index (χ3v) is 3.39. The van der Waals surface area contributed by atoms with Crippen molar-refractivity contribution in [1.82, 2.24) is 0 Å². The second-order valence-electron chi connectivity index (χ2n) is 4.12. The second kappa shape index (κ2) is 2.73. The molecule has 68 valence electrons. The van der Waals surface area contributed by atoms with E-state index >= 15 is 0 Å².